The molecule has 1 heterocycles. The Morgan fingerprint density at radius 1 is 1.06 bits per heavy atom. The molecule has 1 aromatic carbocycles. The van der Waals surface area contributed by atoms with Crippen molar-refractivity contribution in [3.05, 3.63) is 65.3 Å². The smallest absolute Gasteiger partial charge is 0.297 e. The second kappa shape index (κ2) is 13.2. The zero-order valence-corrected chi connectivity index (χ0v) is 24.0. The van der Waals surface area contributed by atoms with Crippen molar-refractivity contribution in [2.75, 3.05) is 26.9 Å². The highest BCUT2D eigenvalue weighted by atomic mass is 32.2. The van der Waals surface area contributed by atoms with Crippen LogP contribution in [0.4, 0.5) is 0 Å². The summed E-state index contributed by atoms with van der Waals surface area (Å²) in [6.07, 6.45) is 7.26. The topological polar surface area (TPSA) is 71.1 Å². The van der Waals surface area contributed by atoms with E-state index >= 15 is 0 Å². The predicted molar refractivity (Wildman–Crippen MR) is 145 cm³/mol. The first kappa shape index (κ1) is 30.5. The Bertz CT molecular complexity index is 1010. The highest BCUT2D eigenvalue weighted by Crippen LogP contribution is 2.38. The van der Waals surface area contributed by atoms with E-state index in [2.05, 4.69) is 20.4 Å². The molecule has 0 aromatic heterocycles. The average molecular weight is 521 g/mol. The van der Waals surface area contributed by atoms with Gasteiger partial charge in [0.1, 0.15) is 11.0 Å². The van der Waals surface area contributed by atoms with Crippen LogP contribution in [0.25, 0.3) is 0 Å². The first-order valence-corrected chi connectivity index (χ1v) is 14.2. The molecular formula is C29H44O6S. The van der Waals surface area contributed by atoms with Crippen molar-refractivity contribution in [1.82, 2.24) is 0 Å². The molecule has 0 spiro atoms. The summed E-state index contributed by atoms with van der Waals surface area (Å²) in [6.45, 7) is 18.4. The van der Waals surface area contributed by atoms with Crippen molar-refractivity contribution in [3.8, 4) is 0 Å². The lowest BCUT2D eigenvalue weighted by Crippen LogP contribution is -2.49. The first-order valence-electron chi connectivity index (χ1n) is 12.8. The standard InChI is InChI=1S/C29H44O6S/c1-10-12-14-24(13-11-2)29(33-15-16-34-29)27(32-9)19-35-36(30,31)28-25(21(5)6)17-23(20(3)4)18-26(28)22(7)8/h10-11,13-14,17-18,20-22,27H,1,12,15-16,19H2,2-9H3. The molecule has 0 aliphatic carbocycles. The zero-order valence-electron chi connectivity index (χ0n) is 23.2. The average Bonchev–Trinajstić information content (AvgIpc) is 3.31. The number of benzene rings is 1. The molecule has 0 bridgehead atoms. The van der Waals surface area contributed by atoms with Crippen LogP contribution in [0.2, 0.25) is 0 Å². The molecule has 1 saturated heterocycles. The molecule has 1 atom stereocenters. The van der Waals surface area contributed by atoms with Crippen LogP contribution < -0.4 is 0 Å². The third-order valence-corrected chi connectivity index (χ3v) is 7.80. The summed E-state index contributed by atoms with van der Waals surface area (Å²) in [5, 5.41) is 0. The molecule has 1 aliphatic heterocycles. The molecule has 6 nitrogen and oxygen atoms in total. The van der Waals surface area contributed by atoms with Gasteiger partial charge in [0, 0.05) is 12.7 Å². The SMILES string of the molecule is C=CCC=C(C=CC)C1(C(COS(=O)(=O)c2c(C(C)C)cc(C(C)C)cc2C(C)C)OC)OCCO1. The second-order valence-electron chi connectivity index (χ2n) is 10.0. The van der Waals surface area contributed by atoms with E-state index in [1.54, 1.807) is 6.08 Å². The van der Waals surface area contributed by atoms with Gasteiger partial charge in [-0.1, -0.05) is 78.0 Å². The molecule has 202 valence electrons. The lowest BCUT2D eigenvalue weighted by Gasteiger charge is -2.35. The van der Waals surface area contributed by atoms with Crippen molar-refractivity contribution in [1.29, 1.82) is 0 Å². The Morgan fingerprint density at radius 3 is 2.03 bits per heavy atom. The van der Waals surface area contributed by atoms with E-state index in [1.165, 1.54) is 7.11 Å². The predicted octanol–water partition coefficient (Wildman–Crippen LogP) is 6.60. The molecule has 1 unspecified atom stereocenters. The minimum Gasteiger partial charge on any atom is -0.373 e. The fourth-order valence-corrected chi connectivity index (χ4v) is 5.99. The van der Waals surface area contributed by atoms with E-state index in [-0.39, 0.29) is 29.3 Å². The molecule has 2 rings (SSSR count). The minimum atomic E-state index is -4.12. The van der Waals surface area contributed by atoms with E-state index in [9.17, 15) is 8.42 Å². The van der Waals surface area contributed by atoms with E-state index in [0.29, 0.717) is 19.6 Å². The maximum absolute atomic E-state index is 13.8. The van der Waals surface area contributed by atoms with E-state index < -0.39 is 22.0 Å². The van der Waals surface area contributed by atoms with Gasteiger partial charge in [-0.2, -0.15) is 8.42 Å². The lowest BCUT2D eigenvalue weighted by molar-refractivity contribution is -0.206. The fraction of sp³-hybridized carbons (Fsp3) is 0.586. The van der Waals surface area contributed by atoms with Crippen molar-refractivity contribution in [2.45, 2.75) is 89.4 Å². The summed E-state index contributed by atoms with van der Waals surface area (Å²) in [5.41, 5.74) is 3.39. The summed E-state index contributed by atoms with van der Waals surface area (Å²) in [5.74, 6) is -0.990. The van der Waals surface area contributed by atoms with Gasteiger partial charge in [-0.25, -0.2) is 0 Å². The van der Waals surface area contributed by atoms with Gasteiger partial charge >= 0.3 is 0 Å². The van der Waals surface area contributed by atoms with Crippen molar-refractivity contribution >= 4 is 10.1 Å². The quantitative estimate of drug-likeness (QED) is 0.166. The van der Waals surface area contributed by atoms with Crippen molar-refractivity contribution in [2.24, 2.45) is 0 Å². The molecule has 1 aromatic rings. The minimum absolute atomic E-state index is 0.00349. The Hall–Kier alpha value is -1.77. The van der Waals surface area contributed by atoms with Gasteiger partial charge in [-0.15, -0.1) is 6.58 Å². The molecule has 1 fully saturated rings. The van der Waals surface area contributed by atoms with E-state index in [4.69, 9.17) is 18.4 Å². The normalized spacial score (nSPS) is 17.6. The number of ether oxygens (including phenoxy) is 3. The van der Waals surface area contributed by atoms with Crippen LogP contribution in [0, 0.1) is 0 Å². The van der Waals surface area contributed by atoms with Crippen LogP contribution in [0.15, 0.2) is 53.5 Å². The van der Waals surface area contributed by atoms with Gasteiger partial charge < -0.3 is 14.2 Å². The zero-order chi connectivity index (χ0) is 27.1. The second-order valence-corrected chi connectivity index (χ2v) is 11.6. The summed E-state index contributed by atoms with van der Waals surface area (Å²) >= 11 is 0. The summed E-state index contributed by atoms with van der Waals surface area (Å²) in [6, 6.07) is 4.00. The third kappa shape index (κ3) is 6.75. The highest BCUT2D eigenvalue weighted by Gasteiger charge is 2.48. The molecule has 0 radical (unpaired) electrons. The largest absolute Gasteiger partial charge is 0.373 e. The first-order chi connectivity index (χ1) is 16.9. The molecule has 0 amide bonds. The maximum atomic E-state index is 13.8. The van der Waals surface area contributed by atoms with Crippen molar-refractivity contribution in [3.63, 3.8) is 0 Å². The Kier molecular flexibility index (Phi) is 11.1. The number of hydrogen-bond donors (Lipinski definition) is 0. The summed E-state index contributed by atoms with van der Waals surface area (Å²) < 4.78 is 51.2. The number of hydrogen-bond acceptors (Lipinski definition) is 6. The monoisotopic (exact) mass is 520 g/mol. The fourth-order valence-electron chi connectivity index (χ4n) is 4.40. The van der Waals surface area contributed by atoms with Gasteiger partial charge in [-0.3, -0.25) is 4.18 Å². The number of rotatable bonds is 13. The number of allylic oxidation sites excluding steroid dienone is 3. The molecule has 0 saturated carbocycles. The van der Waals surface area contributed by atoms with Gasteiger partial charge in [0.15, 0.2) is 0 Å². The summed E-state index contributed by atoms with van der Waals surface area (Å²) in [4.78, 5) is 0.255. The van der Waals surface area contributed by atoms with Crippen LogP contribution in [-0.2, 0) is 28.5 Å². The Morgan fingerprint density at radius 2 is 1.61 bits per heavy atom. The van der Waals surface area contributed by atoms with Crippen LogP contribution in [0.5, 0.6) is 0 Å². The number of methoxy groups -OCH3 is 1. The van der Waals surface area contributed by atoms with Crippen LogP contribution in [0.3, 0.4) is 0 Å². The molecule has 1 aliphatic rings. The lowest BCUT2D eigenvalue weighted by atomic mass is 9.89. The van der Waals surface area contributed by atoms with Crippen LogP contribution >= 0.6 is 0 Å². The van der Waals surface area contributed by atoms with Crippen molar-refractivity contribution < 1.29 is 26.8 Å². The van der Waals surface area contributed by atoms with Gasteiger partial charge in [0.25, 0.3) is 10.1 Å². The Balaban J connectivity index is 2.53. The molecule has 0 N–H and O–H groups in total. The van der Waals surface area contributed by atoms with Crippen LogP contribution in [-0.4, -0.2) is 47.2 Å². The van der Waals surface area contributed by atoms with Gasteiger partial charge in [-0.05, 0) is 47.8 Å². The van der Waals surface area contributed by atoms with E-state index in [0.717, 1.165) is 22.3 Å². The van der Waals surface area contributed by atoms with Crippen LogP contribution in [0.1, 0.15) is 89.3 Å². The van der Waals surface area contributed by atoms with Gasteiger partial charge in [0.05, 0.1) is 19.8 Å². The molecule has 36 heavy (non-hydrogen) atoms. The highest BCUT2D eigenvalue weighted by molar-refractivity contribution is 7.86. The van der Waals surface area contributed by atoms with Gasteiger partial charge in [0.2, 0.25) is 5.79 Å². The molecule has 7 heteroatoms. The Labute approximate surface area is 218 Å². The third-order valence-electron chi connectivity index (χ3n) is 6.38. The molecular weight excluding hydrogens is 476 g/mol. The maximum Gasteiger partial charge on any atom is 0.297 e. The van der Waals surface area contributed by atoms with E-state index in [1.807, 2.05) is 65.0 Å². The summed E-state index contributed by atoms with van der Waals surface area (Å²) in [7, 11) is -2.61.